The van der Waals surface area contributed by atoms with Crippen molar-refractivity contribution in [3.8, 4) is 0 Å². The molecule has 0 aromatic rings. The molecule has 0 N–H and O–H groups in total. The molecule has 1 unspecified atom stereocenters. The van der Waals surface area contributed by atoms with Crippen molar-refractivity contribution in [3.05, 3.63) is 11.8 Å². The van der Waals surface area contributed by atoms with Crippen molar-refractivity contribution in [2.24, 2.45) is 0 Å². The van der Waals surface area contributed by atoms with Crippen LogP contribution in [0.2, 0.25) is 0 Å². The first-order valence-corrected chi connectivity index (χ1v) is 4.97. The van der Waals surface area contributed by atoms with Crippen LogP contribution < -0.4 is 0 Å². The second-order valence-electron chi connectivity index (χ2n) is 2.61. The topological polar surface area (TPSA) is 69.7 Å². The van der Waals surface area contributed by atoms with E-state index in [-0.39, 0.29) is 0 Å². The molecular formula is C6H5F3O5S. The third-order valence-electron chi connectivity index (χ3n) is 1.44. The summed E-state index contributed by atoms with van der Waals surface area (Å²) in [6.45, 7) is 1.18. The van der Waals surface area contributed by atoms with Crippen LogP contribution in [0.25, 0.3) is 0 Å². The van der Waals surface area contributed by atoms with E-state index in [1.54, 1.807) is 0 Å². The van der Waals surface area contributed by atoms with Gasteiger partial charge in [-0.2, -0.15) is 21.6 Å². The van der Waals surface area contributed by atoms with E-state index in [1.807, 2.05) is 0 Å². The first-order valence-electron chi connectivity index (χ1n) is 3.56. The number of cyclic esters (lactones) is 1. The predicted molar refractivity (Wildman–Crippen MR) is 39.7 cm³/mol. The number of carbonyl (C=O) groups is 1. The van der Waals surface area contributed by atoms with Crippen molar-refractivity contribution < 1.29 is 35.3 Å². The predicted octanol–water partition coefficient (Wildman–Crippen LogP) is 0.682. The summed E-state index contributed by atoms with van der Waals surface area (Å²) in [7, 11) is -5.74. The molecule has 0 aliphatic carbocycles. The number of halogens is 3. The summed E-state index contributed by atoms with van der Waals surface area (Å²) in [6.07, 6.45) is -0.594. The van der Waals surface area contributed by atoms with Gasteiger partial charge in [-0.1, -0.05) is 0 Å². The minimum atomic E-state index is -5.74. The van der Waals surface area contributed by atoms with Crippen LogP contribution in [0.1, 0.15) is 6.92 Å². The van der Waals surface area contributed by atoms with Crippen molar-refractivity contribution >= 4 is 16.1 Å². The lowest BCUT2D eigenvalue weighted by Crippen LogP contribution is -2.26. The number of hydrogen-bond donors (Lipinski definition) is 0. The summed E-state index contributed by atoms with van der Waals surface area (Å²) in [5.41, 5.74) is -5.53. The van der Waals surface area contributed by atoms with Gasteiger partial charge in [-0.05, 0) is 6.92 Å². The Balaban J connectivity index is 2.89. The number of alkyl halides is 3. The molecule has 1 atom stereocenters. The van der Waals surface area contributed by atoms with Crippen LogP contribution in [0.5, 0.6) is 0 Å². The quantitative estimate of drug-likeness (QED) is 0.407. The van der Waals surface area contributed by atoms with Crippen LogP contribution in [0.4, 0.5) is 13.2 Å². The Morgan fingerprint density at radius 2 is 2.00 bits per heavy atom. The van der Waals surface area contributed by atoms with Gasteiger partial charge in [0.2, 0.25) is 0 Å². The largest absolute Gasteiger partial charge is 0.534 e. The zero-order valence-corrected chi connectivity index (χ0v) is 8.05. The first-order chi connectivity index (χ1) is 6.63. The number of esters is 1. The molecule has 0 radical (unpaired) electrons. The molecule has 1 rings (SSSR count). The maximum Gasteiger partial charge on any atom is 0.534 e. The summed E-state index contributed by atoms with van der Waals surface area (Å²) in [6, 6.07) is 0. The summed E-state index contributed by atoms with van der Waals surface area (Å²) in [5.74, 6) is -1.63. The molecule has 1 heterocycles. The van der Waals surface area contributed by atoms with Gasteiger partial charge in [0.05, 0.1) is 6.08 Å². The summed E-state index contributed by atoms with van der Waals surface area (Å²) in [4.78, 5) is 10.5. The van der Waals surface area contributed by atoms with Crippen LogP contribution in [-0.4, -0.2) is 26.0 Å². The van der Waals surface area contributed by atoms with Crippen LogP contribution in [0.3, 0.4) is 0 Å². The van der Waals surface area contributed by atoms with Crippen molar-refractivity contribution in [1.82, 2.24) is 0 Å². The lowest BCUT2D eigenvalue weighted by molar-refractivity contribution is -0.138. The lowest BCUT2D eigenvalue weighted by atomic mass is 10.3. The van der Waals surface area contributed by atoms with E-state index in [1.165, 1.54) is 6.92 Å². The normalized spacial score (nSPS) is 22.3. The van der Waals surface area contributed by atoms with Gasteiger partial charge >= 0.3 is 21.6 Å². The van der Waals surface area contributed by atoms with Crippen LogP contribution in [-0.2, 0) is 23.8 Å². The molecule has 0 fully saturated rings. The average molecular weight is 246 g/mol. The minimum Gasteiger partial charge on any atom is -0.451 e. The molecular weight excluding hydrogens is 241 g/mol. The zero-order valence-electron chi connectivity index (χ0n) is 7.24. The zero-order chi connectivity index (χ0) is 11.9. The minimum absolute atomic E-state index is 0.550. The molecule has 0 aromatic heterocycles. The monoisotopic (exact) mass is 246 g/mol. The maximum atomic E-state index is 11.8. The second-order valence-corrected chi connectivity index (χ2v) is 4.15. The third-order valence-corrected chi connectivity index (χ3v) is 2.42. The number of rotatable bonds is 2. The molecule has 9 heteroatoms. The highest BCUT2D eigenvalue weighted by molar-refractivity contribution is 7.87. The SMILES string of the molecule is CC1OC(=O)C=C1OS(=O)(=O)C(F)(F)F. The van der Waals surface area contributed by atoms with E-state index in [4.69, 9.17) is 0 Å². The lowest BCUT2D eigenvalue weighted by Gasteiger charge is -2.12. The van der Waals surface area contributed by atoms with Gasteiger partial charge in [0, 0.05) is 0 Å². The smallest absolute Gasteiger partial charge is 0.451 e. The van der Waals surface area contributed by atoms with E-state index in [0.29, 0.717) is 6.08 Å². The van der Waals surface area contributed by atoms with Gasteiger partial charge in [0.1, 0.15) is 0 Å². The average Bonchev–Trinajstić information content (AvgIpc) is 2.26. The Morgan fingerprint density at radius 1 is 1.47 bits per heavy atom. The van der Waals surface area contributed by atoms with Gasteiger partial charge < -0.3 is 8.92 Å². The number of ether oxygens (including phenoxy) is 1. The van der Waals surface area contributed by atoms with E-state index < -0.39 is 33.5 Å². The third kappa shape index (κ3) is 2.41. The fourth-order valence-electron chi connectivity index (χ4n) is 0.766. The van der Waals surface area contributed by atoms with Gasteiger partial charge in [-0.25, -0.2) is 4.79 Å². The van der Waals surface area contributed by atoms with E-state index in [0.717, 1.165) is 0 Å². The standard InChI is InChI=1S/C6H5F3O5S/c1-3-4(2-5(10)13-3)14-15(11,12)6(7,8)9/h2-3H,1H3. The Hall–Kier alpha value is -1.25. The van der Waals surface area contributed by atoms with Gasteiger partial charge in [0.25, 0.3) is 0 Å². The molecule has 0 spiro atoms. The van der Waals surface area contributed by atoms with Crippen molar-refractivity contribution in [2.75, 3.05) is 0 Å². The van der Waals surface area contributed by atoms with Crippen molar-refractivity contribution in [1.29, 1.82) is 0 Å². The van der Waals surface area contributed by atoms with Gasteiger partial charge in [-0.3, -0.25) is 0 Å². The highest BCUT2D eigenvalue weighted by atomic mass is 32.2. The highest BCUT2D eigenvalue weighted by Gasteiger charge is 2.49. The fourth-order valence-corrected chi connectivity index (χ4v) is 1.30. The fraction of sp³-hybridized carbons (Fsp3) is 0.500. The van der Waals surface area contributed by atoms with Gasteiger partial charge in [0.15, 0.2) is 11.9 Å². The van der Waals surface area contributed by atoms with Crippen LogP contribution in [0, 0.1) is 0 Å². The molecule has 1 aliphatic rings. The Labute approximate surface area is 82.6 Å². The Bertz CT molecular complexity index is 407. The van der Waals surface area contributed by atoms with E-state index in [9.17, 15) is 26.4 Å². The maximum absolute atomic E-state index is 11.8. The molecule has 15 heavy (non-hydrogen) atoms. The number of carbonyl (C=O) groups excluding carboxylic acids is 1. The number of hydrogen-bond acceptors (Lipinski definition) is 5. The molecule has 0 saturated carbocycles. The molecule has 5 nitrogen and oxygen atoms in total. The summed E-state index contributed by atoms with van der Waals surface area (Å²) >= 11 is 0. The van der Waals surface area contributed by atoms with Crippen LogP contribution in [0.15, 0.2) is 11.8 Å². The van der Waals surface area contributed by atoms with Crippen molar-refractivity contribution in [2.45, 2.75) is 18.5 Å². The molecule has 0 aromatic carbocycles. The Kier molecular flexibility index (Phi) is 2.68. The first kappa shape index (κ1) is 11.8. The molecule has 86 valence electrons. The van der Waals surface area contributed by atoms with Crippen molar-refractivity contribution in [3.63, 3.8) is 0 Å². The van der Waals surface area contributed by atoms with Gasteiger partial charge in [-0.15, -0.1) is 0 Å². The van der Waals surface area contributed by atoms with E-state index in [2.05, 4.69) is 8.92 Å². The second kappa shape index (κ2) is 3.40. The summed E-state index contributed by atoms with van der Waals surface area (Å²) in [5, 5.41) is 0. The molecule has 0 amide bonds. The van der Waals surface area contributed by atoms with Crippen LogP contribution >= 0.6 is 0 Å². The molecule has 1 aliphatic heterocycles. The molecule has 0 saturated heterocycles. The summed E-state index contributed by atoms with van der Waals surface area (Å²) < 4.78 is 64.6. The Morgan fingerprint density at radius 3 is 2.33 bits per heavy atom. The highest BCUT2D eigenvalue weighted by Crippen LogP contribution is 2.29. The molecule has 0 bridgehead atoms. The van der Waals surface area contributed by atoms with E-state index >= 15 is 0 Å².